The van der Waals surface area contributed by atoms with Crippen molar-refractivity contribution >= 4 is 23.4 Å². The number of piperazine rings is 1. The Hall–Kier alpha value is -2.37. The third-order valence-electron chi connectivity index (χ3n) is 4.95. The molecule has 1 aliphatic heterocycles. The van der Waals surface area contributed by atoms with Crippen molar-refractivity contribution < 1.29 is 9.59 Å². The normalized spacial score (nSPS) is 15.5. The lowest BCUT2D eigenvalue weighted by Crippen LogP contribution is -2.52. The highest BCUT2D eigenvalue weighted by molar-refractivity contribution is 6.31. The van der Waals surface area contributed by atoms with Crippen LogP contribution in [0.5, 0.6) is 0 Å². The van der Waals surface area contributed by atoms with E-state index in [0.717, 1.165) is 16.7 Å². The van der Waals surface area contributed by atoms with Gasteiger partial charge in [0.15, 0.2) is 0 Å². The first-order valence-electron chi connectivity index (χ1n) is 9.08. The second-order valence-corrected chi connectivity index (χ2v) is 7.27. The molecule has 142 valence electrons. The van der Waals surface area contributed by atoms with Crippen LogP contribution in [0.25, 0.3) is 0 Å². The fourth-order valence-electron chi connectivity index (χ4n) is 3.21. The Morgan fingerprint density at radius 2 is 1.59 bits per heavy atom. The molecule has 1 fully saturated rings. The van der Waals surface area contributed by atoms with Crippen LogP contribution in [0.4, 0.5) is 0 Å². The van der Waals surface area contributed by atoms with Crippen molar-refractivity contribution in [1.29, 1.82) is 0 Å². The number of carbonyl (C=O) groups excluding carboxylic acids is 2. The zero-order valence-corrected chi connectivity index (χ0v) is 16.2. The standard InChI is InChI=1S/C21H24ClN3O2/c1-15-6-8-16(9-7-15)20(23)21(27)25-12-10-24(11-13-25)19(26)14-17-4-2-3-5-18(17)22/h2-9,20H,10-14,23H2,1H3. The van der Waals surface area contributed by atoms with Crippen molar-refractivity contribution in [3.63, 3.8) is 0 Å². The van der Waals surface area contributed by atoms with Crippen LogP contribution in [-0.2, 0) is 16.0 Å². The molecule has 1 heterocycles. The molecule has 5 nitrogen and oxygen atoms in total. The average molecular weight is 386 g/mol. The Bertz CT molecular complexity index is 814. The van der Waals surface area contributed by atoms with Crippen LogP contribution >= 0.6 is 11.6 Å². The summed E-state index contributed by atoms with van der Waals surface area (Å²) in [6.45, 7) is 4.00. The molecule has 27 heavy (non-hydrogen) atoms. The third kappa shape index (κ3) is 4.67. The van der Waals surface area contributed by atoms with Crippen LogP contribution < -0.4 is 5.73 Å². The largest absolute Gasteiger partial charge is 0.339 e. The molecule has 0 aromatic heterocycles. The van der Waals surface area contributed by atoms with Gasteiger partial charge in [-0.15, -0.1) is 0 Å². The average Bonchev–Trinajstić information content (AvgIpc) is 2.69. The van der Waals surface area contributed by atoms with Crippen molar-refractivity contribution in [3.05, 3.63) is 70.2 Å². The summed E-state index contributed by atoms with van der Waals surface area (Å²) in [5.74, 6) is -0.0740. The van der Waals surface area contributed by atoms with Crippen LogP contribution in [-0.4, -0.2) is 47.8 Å². The zero-order valence-electron chi connectivity index (χ0n) is 15.4. The Morgan fingerprint density at radius 3 is 2.22 bits per heavy atom. The maximum Gasteiger partial charge on any atom is 0.244 e. The van der Waals surface area contributed by atoms with Crippen LogP contribution in [0.1, 0.15) is 22.7 Å². The highest BCUT2D eigenvalue weighted by Crippen LogP contribution is 2.18. The van der Waals surface area contributed by atoms with Gasteiger partial charge >= 0.3 is 0 Å². The van der Waals surface area contributed by atoms with Gasteiger partial charge < -0.3 is 15.5 Å². The van der Waals surface area contributed by atoms with E-state index in [2.05, 4.69) is 0 Å². The van der Waals surface area contributed by atoms with Gasteiger partial charge in [0.25, 0.3) is 0 Å². The molecule has 1 atom stereocenters. The van der Waals surface area contributed by atoms with Crippen molar-refractivity contribution in [3.8, 4) is 0 Å². The van der Waals surface area contributed by atoms with Gasteiger partial charge in [0.2, 0.25) is 11.8 Å². The van der Waals surface area contributed by atoms with E-state index >= 15 is 0 Å². The van der Waals surface area contributed by atoms with Crippen LogP contribution in [0, 0.1) is 6.92 Å². The minimum atomic E-state index is -0.670. The van der Waals surface area contributed by atoms with Crippen LogP contribution in [0.3, 0.4) is 0 Å². The Morgan fingerprint density at radius 1 is 1.00 bits per heavy atom. The second-order valence-electron chi connectivity index (χ2n) is 6.86. The number of aryl methyl sites for hydroxylation is 1. The number of carbonyl (C=O) groups is 2. The van der Waals surface area contributed by atoms with Gasteiger partial charge in [0.1, 0.15) is 6.04 Å². The SMILES string of the molecule is Cc1ccc(C(N)C(=O)N2CCN(C(=O)Cc3ccccc3Cl)CC2)cc1. The number of amides is 2. The lowest BCUT2D eigenvalue weighted by molar-refractivity contribution is -0.140. The fourth-order valence-corrected chi connectivity index (χ4v) is 3.41. The molecule has 0 bridgehead atoms. The molecule has 1 unspecified atom stereocenters. The number of hydrogen-bond donors (Lipinski definition) is 1. The van der Waals surface area contributed by atoms with Crippen LogP contribution in [0.15, 0.2) is 48.5 Å². The molecule has 3 rings (SSSR count). The summed E-state index contributed by atoms with van der Waals surface area (Å²) >= 11 is 6.14. The van der Waals surface area contributed by atoms with Crippen LogP contribution in [0.2, 0.25) is 5.02 Å². The summed E-state index contributed by atoms with van der Waals surface area (Å²) in [5, 5.41) is 0.601. The number of halogens is 1. The van der Waals surface area contributed by atoms with Crippen molar-refractivity contribution in [2.45, 2.75) is 19.4 Å². The maximum absolute atomic E-state index is 12.7. The van der Waals surface area contributed by atoms with Gasteiger partial charge in [-0.2, -0.15) is 0 Å². The zero-order chi connectivity index (χ0) is 19.4. The molecule has 2 aromatic carbocycles. The predicted molar refractivity (Wildman–Crippen MR) is 106 cm³/mol. The second kappa shape index (κ2) is 8.55. The molecule has 0 saturated carbocycles. The minimum absolute atomic E-state index is 0.0260. The van der Waals surface area contributed by atoms with Crippen molar-refractivity contribution in [2.75, 3.05) is 26.2 Å². The Labute approximate surface area is 164 Å². The predicted octanol–water partition coefficient (Wildman–Crippen LogP) is 2.56. The van der Waals surface area contributed by atoms with E-state index in [0.29, 0.717) is 31.2 Å². The monoisotopic (exact) mass is 385 g/mol. The molecular weight excluding hydrogens is 362 g/mol. The maximum atomic E-state index is 12.7. The molecule has 0 radical (unpaired) electrons. The van der Waals surface area contributed by atoms with Gasteiger partial charge in [-0.05, 0) is 24.1 Å². The lowest BCUT2D eigenvalue weighted by atomic mass is 10.0. The van der Waals surface area contributed by atoms with Gasteiger partial charge in [0.05, 0.1) is 6.42 Å². The Balaban J connectivity index is 1.55. The molecule has 1 aliphatic rings. The summed E-state index contributed by atoms with van der Waals surface area (Å²) in [4.78, 5) is 28.7. The number of rotatable bonds is 4. The smallest absolute Gasteiger partial charge is 0.244 e. The lowest BCUT2D eigenvalue weighted by Gasteiger charge is -2.36. The Kier molecular flexibility index (Phi) is 6.14. The third-order valence-corrected chi connectivity index (χ3v) is 5.31. The van der Waals surface area contributed by atoms with E-state index < -0.39 is 6.04 Å². The van der Waals surface area contributed by atoms with Gasteiger partial charge in [-0.1, -0.05) is 59.6 Å². The molecule has 0 aliphatic carbocycles. The summed E-state index contributed by atoms with van der Waals surface area (Å²) in [5.41, 5.74) is 8.91. The topological polar surface area (TPSA) is 66.6 Å². The molecule has 2 amide bonds. The van der Waals surface area contributed by atoms with Crippen molar-refractivity contribution in [1.82, 2.24) is 9.80 Å². The van der Waals surface area contributed by atoms with E-state index in [-0.39, 0.29) is 18.2 Å². The number of nitrogens with two attached hydrogens (primary N) is 1. The first-order valence-corrected chi connectivity index (χ1v) is 9.45. The summed E-state index contributed by atoms with van der Waals surface area (Å²) in [6, 6.07) is 14.4. The molecular formula is C21H24ClN3O2. The molecule has 2 N–H and O–H groups in total. The molecule has 0 spiro atoms. The quantitative estimate of drug-likeness (QED) is 0.879. The molecule has 1 saturated heterocycles. The number of benzene rings is 2. The number of hydrogen-bond acceptors (Lipinski definition) is 3. The van der Waals surface area contributed by atoms with Gasteiger partial charge in [-0.25, -0.2) is 0 Å². The molecule has 2 aromatic rings. The first-order chi connectivity index (χ1) is 13.0. The molecule has 6 heteroatoms. The van der Waals surface area contributed by atoms with E-state index in [1.54, 1.807) is 15.9 Å². The number of nitrogens with zero attached hydrogens (tertiary/aromatic N) is 2. The van der Waals surface area contributed by atoms with E-state index in [4.69, 9.17) is 17.3 Å². The fraction of sp³-hybridized carbons (Fsp3) is 0.333. The summed E-state index contributed by atoms with van der Waals surface area (Å²) in [6.07, 6.45) is 0.274. The van der Waals surface area contributed by atoms with Gasteiger partial charge in [0, 0.05) is 31.2 Å². The summed E-state index contributed by atoms with van der Waals surface area (Å²) in [7, 11) is 0. The highest BCUT2D eigenvalue weighted by Gasteiger charge is 2.28. The first kappa shape index (κ1) is 19.4. The van der Waals surface area contributed by atoms with Gasteiger partial charge in [-0.3, -0.25) is 9.59 Å². The highest BCUT2D eigenvalue weighted by atomic mass is 35.5. The summed E-state index contributed by atoms with van der Waals surface area (Å²) < 4.78 is 0. The minimum Gasteiger partial charge on any atom is -0.339 e. The van der Waals surface area contributed by atoms with E-state index in [1.165, 1.54) is 0 Å². The van der Waals surface area contributed by atoms with E-state index in [9.17, 15) is 9.59 Å². The van der Waals surface area contributed by atoms with E-state index in [1.807, 2.05) is 49.4 Å². The van der Waals surface area contributed by atoms with Crippen molar-refractivity contribution in [2.24, 2.45) is 5.73 Å².